The van der Waals surface area contributed by atoms with Crippen molar-refractivity contribution in [2.45, 2.75) is 6.92 Å². The van der Waals surface area contributed by atoms with E-state index < -0.39 is 0 Å². The topological polar surface area (TPSA) is 102 Å². The zero-order chi connectivity index (χ0) is 15.2. The molecule has 0 aliphatic rings. The fourth-order valence-corrected chi connectivity index (χ4v) is 1.75. The van der Waals surface area contributed by atoms with E-state index in [1.54, 1.807) is 0 Å². The van der Waals surface area contributed by atoms with Gasteiger partial charge in [-0.15, -0.1) is 0 Å². The molecule has 0 radical (unpaired) electrons. The SMILES string of the molecule is CON=C(C)c1ccc(Nc2ncnc(N)c2C=O)cc1. The molecule has 108 valence electrons. The van der Waals surface area contributed by atoms with Crippen molar-refractivity contribution in [1.29, 1.82) is 0 Å². The molecule has 3 N–H and O–H groups in total. The quantitative estimate of drug-likeness (QED) is 0.494. The molecule has 0 atom stereocenters. The second kappa shape index (κ2) is 6.47. The molecule has 0 unspecified atom stereocenters. The molecule has 7 heteroatoms. The van der Waals surface area contributed by atoms with Gasteiger partial charge in [0.25, 0.3) is 0 Å². The summed E-state index contributed by atoms with van der Waals surface area (Å²) in [6, 6.07) is 7.45. The van der Waals surface area contributed by atoms with Gasteiger partial charge in [-0.3, -0.25) is 4.79 Å². The summed E-state index contributed by atoms with van der Waals surface area (Å²) in [5.41, 5.74) is 8.33. The van der Waals surface area contributed by atoms with Gasteiger partial charge in [0, 0.05) is 5.69 Å². The molecular formula is C14H15N5O2. The minimum atomic E-state index is 0.141. The molecule has 2 rings (SSSR count). The maximum atomic E-state index is 11.0. The van der Waals surface area contributed by atoms with Crippen LogP contribution in [0, 0.1) is 0 Å². The van der Waals surface area contributed by atoms with Crippen molar-refractivity contribution in [3.05, 3.63) is 41.7 Å². The average Bonchev–Trinajstić information content (AvgIpc) is 2.48. The van der Waals surface area contributed by atoms with Gasteiger partial charge in [-0.25, -0.2) is 9.97 Å². The molecule has 0 saturated heterocycles. The predicted octanol–water partition coefficient (Wildman–Crippen LogP) is 1.99. The van der Waals surface area contributed by atoms with Crippen LogP contribution in [0.1, 0.15) is 22.8 Å². The number of aromatic nitrogens is 2. The first kappa shape index (κ1) is 14.4. The number of carbonyl (C=O) groups is 1. The third-order valence-electron chi connectivity index (χ3n) is 2.83. The molecule has 2 aromatic rings. The maximum absolute atomic E-state index is 11.0. The zero-order valence-corrected chi connectivity index (χ0v) is 11.7. The van der Waals surface area contributed by atoms with Crippen molar-refractivity contribution < 1.29 is 9.63 Å². The number of rotatable bonds is 5. The fraction of sp³-hybridized carbons (Fsp3) is 0.143. The van der Waals surface area contributed by atoms with E-state index in [9.17, 15) is 4.79 Å². The zero-order valence-electron chi connectivity index (χ0n) is 11.7. The minimum absolute atomic E-state index is 0.141. The largest absolute Gasteiger partial charge is 0.399 e. The Morgan fingerprint density at radius 2 is 2.05 bits per heavy atom. The number of oxime groups is 1. The van der Waals surface area contributed by atoms with Crippen LogP contribution in [0.4, 0.5) is 17.3 Å². The average molecular weight is 285 g/mol. The Kier molecular flexibility index (Phi) is 4.45. The molecule has 7 nitrogen and oxygen atoms in total. The summed E-state index contributed by atoms with van der Waals surface area (Å²) in [6.07, 6.45) is 1.93. The van der Waals surface area contributed by atoms with E-state index >= 15 is 0 Å². The Labute approximate surface area is 121 Å². The number of benzene rings is 1. The van der Waals surface area contributed by atoms with Crippen LogP contribution in [0.3, 0.4) is 0 Å². The number of carbonyl (C=O) groups excluding carboxylic acids is 1. The number of nitrogen functional groups attached to an aromatic ring is 1. The lowest BCUT2D eigenvalue weighted by molar-refractivity contribution is 0.112. The maximum Gasteiger partial charge on any atom is 0.157 e. The molecule has 0 bridgehead atoms. The number of aldehydes is 1. The van der Waals surface area contributed by atoms with Crippen LogP contribution < -0.4 is 11.1 Å². The fourth-order valence-electron chi connectivity index (χ4n) is 1.75. The summed E-state index contributed by atoms with van der Waals surface area (Å²) in [4.78, 5) is 23.5. The van der Waals surface area contributed by atoms with Gasteiger partial charge in [0.1, 0.15) is 25.1 Å². The van der Waals surface area contributed by atoms with Gasteiger partial charge in [-0.05, 0) is 24.6 Å². The minimum Gasteiger partial charge on any atom is -0.399 e. The molecule has 0 fully saturated rings. The number of hydrogen-bond donors (Lipinski definition) is 2. The van der Waals surface area contributed by atoms with Crippen molar-refractivity contribution in [2.75, 3.05) is 18.2 Å². The van der Waals surface area contributed by atoms with Crippen LogP contribution in [-0.4, -0.2) is 29.1 Å². The van der Waals surface area contributed by atoms with Crippen molar-refractivity contribution in [1.82, 2.24) is 9.97 Å². The Bertz CT molecular complexity index is 668. The Morgan fingerprint density at radius 1 is 1.33 bits per heavy atom. The summed E-state index contributed by atoms with van der Waals surface area (Å²) in [5, 5.41) is 6.89. The highest BCUT2D eigenvalue weighted by Crippen LogP contribution is 2.20. The number of nitrogens with two attached hydrogens (primary N) is 1. The Morgan fingerprint density at radius 3 is 2.67 bits per heavy atom. The van der Waals surface area contributed by atoms with Crippen molar-refractivity contribution in [2.24, 2.45) is 5.16 Å². The van der Waals surface area contributed by atoms with E-state index in [0.717, 1.165) is 17.0 Å². The highest BCUT2D eigenvalue weighted by atomic mass is 16.6. The number of hydrogen-bond acceptors (Lipinski definition) is 7. The molecule has 0 amide bonds. The summed E-state index contributed by atoms with van der Waals surface area (Å²) in [7, 11) is 1.50. The van der Waals surface area contributed by atoms with E-state index in [1.165, 1.54) is 13.4 Å². The van der Waals surface area contributed by atoms with E-state index in [1.807, 2.05) is 31.2 Å². The van der Waals surface area contributed by atoms with E-state index in [2.05, 4.69) is 20.4 Å². The molecule has 0 aliphatic carbocycles. The van der Waals surface area contributed by atoms with Gasteiger partial charge in [-0.1, -0.05) is 17.3 Å². The third-order valence-corrected chi connectivity index (χ3v) is 2.83. The highest BCUT2D eigenvalue weighted by Gasteiger charge is 2.08. The lowest BCUT2D eigenvalue weighted by Crippen LogP contribution is -2.04. The Hall–Kier alpha value is -2.96. The first-order valence-corrected chi connectivity index (χ1v) is 6.16. The summed E-state index contributed by atoms with van der Waals surface area (Å²) >= 11 is 0. The third kappa shape index (κ3) is 3.33. The van der Waals surface area contributed by atoms with Gasteiger partial charge >= 0.3 is 0 Å². The van der Waals surface area contributed by atoms with Crippen molar-refractivity contribution >= 4 is 29.3 Å². The van der Waals surface area contributed by atoms with E-state index in [0.29, 0.717) is 12.1 Å². The second-order valence-electron chi connectivity index (χ2n) is 4.20. The molecule has 1 aromatic heterocycles. The molecule has 0 saturated carbocycles. The lowest BCUT2D eigenvalue weighted by atomic mass is 10.1. The molecule has 21 heavy (non-hydrogen) atoms. The molecule has 0 spiro atoms. The van der Waals surface area contributed by atoms with Crippen LogP contribution in [0.5, 0.6) is 0 Å². The first-order chi connectivity index (χ1) is 10.2. The van der Waals surface area contributed by atoms with Crippen LogP contribution in [-0.2, 0) is 4.84 Å². The Balaban J connectivity index is 2.23. The van der Waals surface area contributed by atoms with Gasteiger partial charge in [-0.2, -0.15) is 0 Å². The highest BCUT2D eigenvalue weighted by molar-refractivity contribution is 5.98. The number of nitrogens with one attached hydrogen (secondary N) is 1. The second-order valence-corrected chi connectivity index (χ2v) is 4.20. The van der Waals surface area contributed by atoms with Crippen LogP contribution in [0.15, 0.2) is 35.7 Å². The molecule has 0 aliphatic heterocycles. The van der Waals surface area contributed by atoms with Gasteiger partial charge in [0.05, 0.1) is 11.3 Å². The van der Waals surface area contributed by atoms with Gasteiger partial charge in [0.2, 0.25) is 0 Å². The van der Waals surface area contributed by atoms with Crippen molar-refractivity contribution in [3.8, 4) is 0 Å². The molecular weight excluding hydrogens is 270 g/mol. The number of nitrogens with zero attached hydrogens (tertiary/aromatic N) is 3. The van der Waals surface area contributed by atoms with Crippen LogP contribution >= 0.6 is 0 Å². The predicted molar refractivity (Wildman–Crippen MR) is 80.8 cm³/mol. The molecule has 1 heterocycles. The number of anilines is 3. The van der Waals surface area contributed by atoms with Crippen molar-refractivity contribution in [3.63, 3.8) is 0 Å². The van der Waals surface area contributed by atoms with Crippen LogP contribution in [0.2, 0.25) is 0 Å². The summed E-state index contributed by atoms with van der Waals surface area (Å²) in [5.74, 6) is 0.509. The van der Waals surface area contributed by atoms with E-state index in [-0.39, 0.29) is 11.4 Å². The summed E-state index contributed by atoms with van der Waals surface area (Å²) in [6.45, 7) is 1.85. The normalized spacial score (nSPS) is 11.0. The molecule has 1 aromatic carbocycles. The van der Waals surface area contributed by atoms with Crippen LogP contribution in [0.25, 0.3) is 0 Å². The first-order valence-electron chi connectivity index (χ1n) is 6.16. The monoisotopic (exact) mass is 285 g/mol. The van der Waals surface area contributed by atoms with E-state index in [4.69, 9.17) is 10.6 Å². The van der Waals surface area contributed by atoms with Gasteiger partial charge < -0.3 is 15.9 Å². The van der Waals surface area contributed by atoms with Gasteiger partial charge in [0.15, 0.2) is 6.29 Å². The lowest BCUT2D eigenvalue weighted by Gasteiger charge is -2.09. The summed E-state index contributed by atoms with van der Waals surface area (Å²) < 4.78 is 0. The standard InChI is InChI=1S/C14H15N5O2/c1-9(19-21-2)10-3-5-11(6-4-10)18-14-12(7-20)13(15)16-8-17-14/h3-8H,1-2H3,(H3,15,16,17,18). The smallest absolute Gasteiger partial charge is 0.157 e.